The molecule has 7 heteroatoms. The van der Waals surface area contributed by atoms with E-state index in [4.69, 9.17) is 14.2 Å². The van der Waals surface area contributed by atoms with Crippen LogP contribution in [0, 0.1) is 6.92 Å². The SMILES string of the molecule is Cc1ccccc1O[C@H](C)CNC(=O)[C@@H]1CCCN1C(=O)c1ccc2c(c1)OCO2. The average Bonchev–Trinajstić information content (AvgIpc) is 3.42. The van der Waals surface area contributed by atoms with Crippen LogP contribution in [-0.2, 0) is 4.79 Å². The highest BCUT2D eigenvalue weighted by Crippen LogP contribution is 2.33. The fourth-order valence-corrected chi connectivity index (χ4v) is 3.79. The number of para-hydroxylation sites is 1. The highest BCUT2D eigenvalue weighted by Gasteiger charge is 2.35. The number of carbonyl (C=O) groups is 2. The van der Waals surface area contributed by atoms with Crippen LogP contribution in [-0.4, -0.2) is 48.7 Å². The molecule has 2 aromatic carbocycles. The zero-order valence-corrected chi connectivity index (χ0v) is 17.2. The standard InChI is InChI=1S/C23H26N2O5/c1-15-6-3-4-8-19(15)30-16(2)13-24-22(26)18-7-5-11-25(18)23(27)17-9-10-20-21(12-17)29-14-28-20/h3-4,6,8-10,12,16,18H,5,7,11,13-14H2,1-2H3,(H,24,26)/t16-,18+/m1/s1. The smallest absolute Gasteiger partial charge is 0.254 e. The number of hydrogen-bond donors (Lipinski definition) is 1. The van der Waals surface area contributed by atoms with Crippen molar-refractivity contribution in [3.63, 3.8) is 0 Å². The summed E-state index contributed by atoms with van der Waals surface area (Å²) in [5, 5.41) is 2.94. The van der Waals surface area contributed by atoms with Gasteiger partial charge in [-0.3, -0.25) is 9.59 Å². The molecule has 0 saturated carbocycles. The highest BCUT2D eigenvalue weighted by atomic mass is 16.7. The summed E-state index contributed by atoms with van der Waals surface area (Å²) in [5.41, 5.74) is 1.54. The van der Waals surface area contributed by atoms with Gasteiger partial charge >= 0.3 is 0 Å². The number of amides is 2. The minimum absolute atomic E-state index is 0.151. The zero-order valence-electron chi connectivity index (χ0n) is 17.2. The lowest BCUT2D eigenvalue weighted by Crippen LogP contribution is -2.47. The lowest BCUT2D eigenvalue weighted by Gasteiger charge is -2.25. The van der Waals surface area contributed by atoms with Crippen molar-refractivity contribution in [2.75, 3.05) is 19.9 Å². The number of rotatable bonds is 6. The maximum absolute atomic E-state index is 13.0. The second kappa shape index (κ2) is 8.65. The molecule has 7 nitrogen and oxygen atoms in total. The maximum Gasteiger partial charge on any atom is 0.254 e. The van der Waals surface area contributed by atoms with E-state index in [9.17, 15) is 9.59 Å². The summed E-state index contributed by atoms with van der Waals surface area (Å²) in [6.07, 6.45) is 1.26. The molecule has 0 unspecified atom stereocenters. The third-order valence-electron chi connectivity index (χ3n) is 5.42. The number of aryl methyl sites for hydroxylation is 1. The van der Waals surface area contributed by atoms with Crippen molar-refractivity contribution in [2.24, 2.45) is 0 Å². The van der Waals surface area contributed by atoms with E-state index in [0.717, 1.165) is 17.7 Å². The second-order valence-corrected chi connectivity index (χ2v) is 7.66. The van der Waals surface area contributed by atoms with E-state index >= 15 is 0 Å². The first kappa shape index (κ1) is 20.1. The van der Waals surface area contributed by atoms with Gasteiger partial charge in [-0.25, -0.2) is 0 Å². The molecule has 0 bridgehead atoms. The van der Waals surface area contributed by atoms with Crippen LogP contribution in [0.1, 0.15) is 35.7 Å². The van der Waals surface area contributed by atoms with Crippen LogP contribution in [0.25, 0.3) is 0 Å². The third kappa shape index (κ3) is 4.20. The summed E-state index contributed by atoms with van der Waals surface area (Å²) >= 11 is 0. The van der Waals surface area contributed by atoms with Crippen molar-refractivity contribution >= 4 is 11.8 Å². The quantitative estimate of drug-likeness (QED) is 0.792. The van der Waals surface area contributed by atoms with Gasteiger partial charge < -0.3 is 24.4 Å². The van der Waals surface area contributed by atoms with Gasteiger partial charge in [0.15, 0.2) is 11.5 Å². The van der Waals surface area contributed by atoms with Crippen LogP contribution in [0.4, 0.5) is 0 Å². The van der Waals surface area contributed by atoms with E-state index in [0.29, 0.717) is 36.6 Å². The number of nitrogens with zero attached hydrogens (tertiary/aromatic N) is 1. The Morgan fingerprint density at radius 2 is 2.00 bits per heavy atom. The normalized spacial score (nSPS) is 18.2. The number of ether oxygens (including phenoxy) is 3. The molecule has 2 heterocycles. The van der Waals surface area contributed by atoms with Gasteiger partial charge in [0.1, 0.15) is 17.9 Å². The minimum Gasteiger partial charge on any atom is -0.489 e. The van der Waals surface area contributed by atoms with Crippen molar-refractivity contribution in [3.8, 4) is 17.2 Å². The maximum atomic E-state index is 13.0. The second-order valence-electron chi connectivity index (χ2n) is 7.66. The Hall–Kier alpha value is -3.22. The molecule has 158 valence electrons. The van der Waals surface area contributed by atoms with Gasteiger partial charge in [-0.05, 0) is 56.5 Å². The Bertz CT molecular complexity index is 945. The fraction of sp³-hybridized carbons (Fsp3) is 0.391. The van der Waals surface area contributed by atoms with Crippen molar-refractivity contribution in [2.45, 2.75) is 38.8 Å². The molecule has 0 spiro atoms. The van der Waals surface area contributed by atoms with Gasteiger partial charge in [-0.1, -0.05) is 18.2 Å². The molecule has 1 N–H and O–H groups in total. The molecule has 2 aliphatic rings. The monoisotopic (exact) mass is 410 g/mol. The summed E-state index contributed by atoms with van der Waals surface area (Å²) in [6.45, 7) is 4.98. The number of likely N-dealkylation sites (tertiary alicyclic amines) is 1. The van der Waals surface area contributed by atoms with E-state index in [2.05, 4.69) is 5.32 Å². The summed E-state index contributed by atoms with van der Waals surface area (Å²) in [5.74, 6) is 1.67. The third-order valence-corrected chi connectivity index (χ3v) is 5.42. The first-order chi connectivity index (χ1) is 14.5. The van der Waals surface area contributed by atoms with Gasteiger partial charge in [-0.2, -0.15) is 0 Å². The van der Waals surface area contributed by atoms with Gasteiger partial charge in [-0.15, -0.1) is 0 Å². The molecule has 1 saturated heterocycles. The Kier molecular flexibility index (Phi) is 5.79. The molecule has 2 aliphatic heterocycles. The summed E-state index contributed by atoms with van der Waals surface area (Å²) in [7, 11) is 0. The van der Waals surface area contributed by atoms with Crippen LogP contribution in [0.3, 0.4) is 0 Å². The van der Waals surface area contributed by atoms with Crippen molar-refractivity contribution in [3.05, 3.63) is 53.6 Å². The van der Waals surface area contributed by atoms with Crippen LogP contribution >= 0.6 is 0 Å². The molecule has 4 rings (SSSR count). The molecule has 0 radical (unpaired) electrons. The van der Waals surface area contributed by atoms with Gasteiger partial charge in [0.05, 0.1) is 6.54 Å². The number of fused-ring (bicyclic) bond motifs is 1. The zero-order chi connectivity index (χ0) is 21.1. The summed E-state index contributed by atoms with van der Waals surface area (Å²) in [4.78, 5) is 27.4. The fourth-order valence-electron chi connectivity index (χ4n) is 3.79. The molecule has 2 aromatic rings. The van der Waals surface area contributed by atoms with Crippen LogP contribution in [0.5, 0.6) is 17.2 Å². The predicted molar refractivity (Wildman–Crippen MR) is 111 cm³/mol. The molecule has 2 amide bonds. The number of benzene rings is 2. The molecule has 0 aliphatic carbocycles. The summed E-state index contributed by atoms with van der Waals surface area (Å²) in [6, 6.07) is 12.4. The average molecular weight is 410 g/mol. The Labute approximate surface area is 175 Å². The number of nitrogens with one attached hydrogen (secondary N) is 1. The predicted octanol–water partition coefficient (Wildman–Crippen LogP) is 2.91. The van der Waals surface area contributed by atoms with E-state index in [-0.39, 0.29) is 24.7 Å². The van der Waals surface area contributed by atoms with E-state index < -0.39 is 6.04 Å². The number of carbonyl (C=O) groups excluding carboxylic acids is 2. The van der Waals surface area contributed by atoms with E-state index in [1.807, 2.05) is 38.1 Å². The molecular weight excluding hydrogens is 384 g/mol. The molecule has 0 aromatic heterocycles. The molecule has 30 heavy (non-hydrogen) atoms. The first-order valence-corrected chi connectivity index (χ1v) is 10.2. The Morgan fingerprint density at radius 3 is 2.83 bits per heavy atom. The highest BCUT2D eigenvalue weighted by molar-refractivity contribution is 5.98. The Morgan fingerprint density at radius 1 is 1.20 bits per heavy atom. The lowest BCUT2D eigenvalue weighted by atomic mass is 10.1. The van der Waals surface area contributed by atoms with Crippen molar-refractivity contribution < 1.29 is 23.8 Å². The molecule has 2 atom stereocenters. The molecular formula is C23H26N2O5. The van der Waals surface area contributed by atoms with Gasteiger partial charge in [0.2, 0.25) is 12.7 Å². The van der Waals surface area contributed by atoms with Gasteiger partial charge in [0, 0.05) is 12.1 Å². The van der Waals surface area contributed by atoms with Crippen LogP contribution in [0.15, 0.2) is 42.5 Å². The van der Waals surface area contributed by atoms with Crippen molar-refractivity contribution in [1.82, 2.24) is 10.2 Å². The van der Waals surface area contributed by atoms with Crippen LogP contribution < -0.4 is 19.5 Å². The van der Waals surface area contributed by atoms with E-state index in [1.54, 1.807) is 23.1 Å². The van der Waals surface area contributed by atoms with Gasteiger partial charge in [0.25, 0.3) is 5.91 Å². The topological polar surface area (TPSA) is 77.1 Å². The Balaban J connectivity index is 1.35. The lowest BCUT2D eigenvalue weighted by molar-refractivity contribution is -0.125. The largest absolute Gasteiger partial charge is 0.489 e. The molecule has 1 fully saturated rings. The van der Waals surface area contributed by atoms with E-state index in [1.165, 1.54) is 0 Å². The number of hydrogen-bond acceptors (Lipinski definition) is 5. The van der Waals surface area contributed by atoms with Crippen molar-refractivity contribution in [1.29, 1.82) is 0 Å². The minimum atomic E-state index is -0.478. The first-order valence-electron chi connectivity index (χ1n) is 10.2. The van der Waals surface area contributed by atoms with Crippen LogP contribution in [0.2, 0.25) is 0 Å². The summed E-state index contributed by atoms with van der Waals surface area (Å²) < 4.78 is 16.6.